The molecule has 0 bridgehead atoms. The molecule has 6 nitrogen and oxygen atoms in total. The number of nitrogens with zero attached hydrogens (tertiary/aromatic N) is 2. The second kappa shape index (κ2) is 7.47. The van der Waals surface area contributed by atoms with Crippen LogP contribution in [-0.4, -0.2) is 44.1 Å². The van der Waals surface area contributed by atoms with Gasteiger partial charge < -0.3 is 15.0 Å². The maximum absolute atomic E-state index is 11.7. The molecule has 20 heavy (non-hydrogen) atoms. The maximum Gasteiger partial charge on any atom is 0.338 e. The van der Waals surface area contributed by atoms with Gasteiger partial charge in [0.15, 0.2) is 0 Å². The molecule has 1 aromatic rings. The quantitative estimate of drug-likeness (QED) is 0.789. The molecule has 6 heteroatoms. The molecule has 0 radical (unpaired) electrons. The fourth-order valence-electron chi connectivity index (χ4n) is 1.54. The number of pyridine rings is 1. The highest BCUT2D eigenvalue weighted by molar-refractivity contribution is 5.90. The summed E-state index contributed by atoms with van der Waals surface area (Å²) in [5, 5.41) is 2.83. The molecule has 1 rings (SSSR count). The van der Waals surface area contributed by atoms with Crippen LogP contribution in [0.1, 0.15) is 24.2 Å². The van der Waals surface area contributed by atoms with Crippen molar-refractivity contribution in [3.05, 3.63) is 23.9 Å². The van der Waals surface area contributed by atoms with Crippen LogP contribution in [0.5, 0.6) is 0 Å². The van der Waals surface area contributed by atoms with Gasteiger partial charge in [-0.15, -0.1) is 0 Å². The summed E-state index contributed by atoms with van der Waals surface area (Å²) in [7, 11) is 3.07. The molecule has 0 aromatic carbocycles. The number of ether oxygens (including phenoxy) is 1. The zero-order valence-corrected chi connectivity index (χ0v) is 12.3. The first kappa shape index (κ1) is 15.9. The number of hydrogen-bond donors (Lipinski definition) is 1. The van der Waals surface area contributed by atoms with Gasteiger partial charge in [-0.25, -0.2) is 9.78 Å². The third kappa shape index (κ3) is 4.87. The zero-order valence-electron chi connectivity index (χ0n) is 12.3. The van der Waals surface area contributed by atoms with E-state index in [1.165, 1.54) is 13.3 Å². The monoisotopic (exact) mass is 279 g/mol. The molecule has 0 atom stereocenters. The molecule has 0 saturated carbocycles. The Morgan fingerprint density at radius 2 is 2.15 bits per heavy atom. The Morgan fingerprint density at radius 1 is 1.45 bits per heavy atom. The van der Waals surface area contributed by atoms with Gasteiger partial charge >= 0.3 is 5.97 Å². The second-order valence-electron chi connectivity index (χ2n) is 4.95. The molecule has 0 fully saturated rings. The summed E-state index contributed by atoms with van der Waals surface area (Å²) < 4.78 is 4.65. The van der Waals surface area contributed by atoms with E-state index in [9.17, 15) is 9.59 Å². The van der Waals surface area contributed by atoms with E-state index < -0.39 is 5.97 Å². The smallest absolute Gasteiger partial charge is 0.338 e. The molecule has 1 aromatic heterocycles. The van der Waals surface area contributed by atoms with E-state index >= 15 is 0 Å². The van der Waals surface area contributed by atoms with E-state index in [0.717, 1.165) is 0 Å². The molecule has 0 saturated heterocycles. The summed E-state index contributed by atoms with van der Waals surface area (Å²) >= 11 is 0. The van der Waals surface area contributed by atoms with Crippen molar-refractivity contribution in [2.45, 2.75) is 13.8 Å². The Hall–Kier alpha value is -2.11. The van der Waals surface area contributed by atoms with Crippen LogP contribution in [0.4, 0.5) is 5.82 Å². The second-order valence-corrected chi connectivity index (χ2v) is 4.95. The van der Waals surface area contributed by atoms with Crippen molar-refractivity contribution in [2.75, 3.05) is 32.1 Å². The van der Waals surface area contributed by atoms with Crippen molar-refractivity contribution >= 4 is 17.7 Å². The fraction of sp³-hybridized carbons (Fsp3) is 0.500. The van der Waals surface area contributed by atoms with Crippen molar-refractivity contribution < 1.29 is 14.3 Å². The Kier molecular flexibility index (Phi) is 5.96. The van der Waals surface area contributed by atoms with E-state index in [4.69, 9.17) is 0 Å². The Morgan fingerprint density at radius 3 is 2.75 bits per heavy atom. The minimum Gasteiger partial charge on any atom is -0.465 e. The number of amides is 1. The maximum atomic E-state index is 11.7. The predicted octanol–water partition coefficient (Wildman–Crippen LogP) is 1.08. The number of nitrogens with one attached hydrogen (secondary N) is 1. The zero-order chi connectivity index (χ0) is 15.1. The molecule has 0 spiro atoms. The number of carbonyl (C=O) groups is 2. The molecule has 0 unspecified atom stereocenters. The third-order valence-electron chi connectivity index (χ3n) is 2.65. The van der Waals surface area contributed by atoms with Crippen molar-refractivity contribution in [2.24, 2.45) is 5.92 Å². The van der Waals surface area contributed by atoms with Gasteiger partial charge in [-0.2, -0.15) is 0 Å². The average Bonchev–Trinajstić information content (AvgIpc) is 2.44. The van der Waals surface area contributed by atoms with Gasteiger partial charge in [0.2, 0.25) is 5.91 Å². The molecule has 0 aliphatic heterocycles. The summed E-state index contributed by atoms with van der Waals surface area (Å²) in [4.78, 5) is 29.0. The predicted molar refractivity (Wildman–Crippen MR) is 76.7 cm³/mol. The molecule has 0 aliphatic rings. The van der Waals surface area contributed by atoms with Crippen molar-refractivity contribution in [3.63, 3.8) is 0 Å². The van der Waals surface area contributed by atoms with Gasteiger partial charge in [-0.3, -0.25) is 4.79 Å². The van der Waals surface area contributed by atoms with Crippen molar-refractivity contribution in [1.82, 2.24) is 10.3 Å². The largest absolute Gasteiger partial charge is 0.465 e. The fourth-order valence-corrected chi connectivity index (χ4v) is 1.54. The van der Waals surface area contributed by atoms with Crippen LogP contribution in [0.25, 0.3) is 0 Å². The number of anilines is 1. The SMILES string of the molecule is COC(=O)c1ccnc(N(C)CC(=O)NCC(C)C)c1. The van der Waals surface area contributed by atoms with Gasteiger partial charge in [0.05, 0.1) is 19.2 Å². The van der Waals surface area contributed by atoms with Gasteiger partial charge in [0.1, 0.15) is 5.82 Å². The molecule has 1 amide bonds. The molecule has 110 valence electrons. The number of hydrogen-bond acceptors (Lipinski definition) is 5. The van der Waals surface area contributed by atoms with Crippen LogP contribution in [-0.2, 0) is 9.53 Å². The topological polar surface area (TPSA) is 71.5 Å². The summed E-state index contributed by atoms with van der Waals surface area (Å²) in [6, 6.07) is 3.17. The van der Waals surface area contributed by atoms with Crippen LogP contribution in [0.15, 0.2) is 18.3 Å². The number of methoxy groups -OCH3 is 1. The lowest BCUT2D eigenvalue weighted by molar-refractivity contribution is -0.119. The minimum absolute atomic E-state index is 0.0773. The first-order valence-corrected chi connectivity index (χ1v) is 6.46. The summed E-state index contributed by atoms with van der Waals surface area (Å²) in [6.45, 7) is 4.89. The van der Waals surface area contributed by atoms with E-state index in [1.807, 2.05) is 13.8 Å². The van der Waals surface area contributed by atoms with Crippen LogP contribution in [0.2, 0.25) is 0 Å². The number of aromatic nitrogens is 1. The first-order chi connectivity index (χ1) is 9.43. The lowest BCUT2D eigenvalue weighted by Crippen LogP contribution is -2.37. The summed E-state index contributed by atoms with van der Waals surface area (Å²) in [6.07, 6.45) is 1.52. The molecule has 1 N–H and O–H groups in total. The summed E-state index contributed by atoms with van der Waals surface area (Å²) in [5.41, 5.74) is 0.409. The average molecular weight is 279 g/mol. The van der Waals surface area contributed by atoms with E-state index in [1.54, 1.807) is 24.1 Å². The van der Waals surface area contributed by atoms with Gasteiger partial charge in [-0.05, 0) is 18.1 Å². The third-order valence-corrected chi connectivity index (χ3v) is 2.65. The normalized spacial score (nSPS) is 10.2. The number of likely N-dealkylation sites (N-methyl/N-ethyl adjacent to an activating group) is 1. The lowest BCUT2D eigenvalue weighted by Gasteiger charge is -2.18. The highest BCUT2D eigenvalue weighted by atomic mass is 16.5. The van der Waals surface area contributed by atoms with E-state index in [2.05, 4.69) is 15.0 Å². The van der Waals surface area contributed by atoms with Crippen LogP contribution in [0, 0.1) is 5.92 Å². The number of carbonyl (C=O) groups excluding carboxylic acids is 2. The van der Waals surface area contributed by atoms with Crippen molar-refractivity contribution in [3.8, 4) is 0 Å². The number of rotatable bonds is 6. The molecule has 1 heterocycles. The standard InChI is InChI=1S/C14H21N3O3/c1-10(2)8-16-13(18)9-17(3)12-7-11(5-6-15-12)14(19)20-4/h5-7,10H,8-9H2,1-4H3,(H,16,18). The molecular formula is C14H21N3O3. The molecule has 0 aliphatic carbocycles. The minimum atomic E-state index is -0.425. The van der Waals surface area contributed by atoms with Crippen molar-refractivity contribution in [1.29, 1.82) is 0 Å². The highest BCUT2D eigenvalue weighted by Gasteiger charge is 2.12. The Balaban J connectivity index is 2.65. The Bertz CT molecular complexity index is 474. The van der Waals surface area contributed by atoms with Gasteiger partial charge in [0, 0.05) is 19.8 Å². The van der Waals surface area contributed by atoms with Gasteiger partial charge in [-0.1, -0.05) is 13.8 Å². The lowest BCUT2D eigenvalue weighted by atomic mass is 10.2. The highest BCUT2D eigenvalue weighted by Crippen LogP contribution is 2.11. The first-order valence-electron chi connectivity index (χ1n) is 6.46. The molecular weight excluding hydrogens is 258 g/mol. The van der Waals surface area contributed by atoms with Crippen LogP contribution in [0.3, 0.4) is 0 Å². The van der Waals surface area contributed by atoms with Crippen LogP contribution < -0.4 is 10.2 Å². The van der Waals surface area contributed by atoms with Gasteiger partial charge in [0.25, 0.3) is 0 Å². The van der Waals surface area contributed by atoms with E-state index in [0.29, 0.717) is 23.8 Å². The Labute approximate surface area is 119 Å². The van der Waals surface area contributed by atoms with Crippen LogP contribution >= 0.6 is 0 Å². The summed E-state index contributed by atoms with van der Waals surface area (Å²) in [5.74, 6) is 0.454. The van der Waals surface area contributed by atoms with E-state index in [-0.39, 0.29) is 12.5 Å². The number of esters is 1.